The summed E-state index contributed by atoms with van der Waals surface area (Å²) < 4.78 is 31.9. The predicted octanol–water partition coefficient (Wildman–Crippen LogP) is 1.91. The number of benzene rings is 1. The number of aryl methyl sites for hydroxylation is 2. The predicted molar refractivity (Wildman–Crippen MR) is 90.4 cm³/mol. The number of hydrogen-bond donors (Lipinski definition) is 0. The zero-order valence-corrected chi connectivity index (χ0v) is 14.5. The van der Waals surface area contributed by atoms with Crippen LogP contribution in [0.5, 0.6) is 0 Å². The highest BCUT2D eigenvalue weighted by Crippen LogP contribution is 2.30. The van der Waals surface area contributed by atoms with Crippen LogP contribution in [0.15, 0.2) is 40.0 Å². The molecular formula is C17H20N2O4S. The van der Waals surface area contributed by atoms with E-state index in [-0.39, 0.29) is 16.4 Å². The van der Waals surface area contributed by atoms with Crippen LogP contribution >= 0.6 is 0 Å². The third-order valence-electron chi connectivity index (χ3n) is 4.03. The van der Waals surface area contributed by atoms with E-state index in [1.54, 1.807) is 44.3 Å². The summed E-state index contributed by atoms with van der Waals surface area (Å²) in [6, 6.07) is 8.28. The molecule has 1 saturated carbocycles. The van der Waals surface area contributed by atoms with Gasteiger partial charge in [0.05, 0.1) is 17.2 Å². The minimum Gasteiger partial charge on any atom is -0.365 e. The highest BCUT2D eigenvalue weighted by Gasteiger charge is 2.25. The zero-order valence-electron chi connectivity index (χ0n) is 13.7. The molecule has 0 aliphatic heterocycles. The maximum absolute atomic E-state index is 12.6. The fourth-order valence-electron chi connectivity index (χ4n) is 2.51. The normalized spacial score (nSPS) is 14.8. The molecule has 128 valence electrons. The lowest BCUT2D eigenvalue weighted by molar-refractivity contribution is 0.165. The third kappa shape index (κ3) is 3.57. The molecule has 2 aromatic rings. The molecule has 1 heterocycles. The molecule has 6 nitrogen and oxygen atoms in total. The maximum atomic E-state index is 12.6. The first kappa shape index (κ1) is 16.9. The first-order valence-corrected chi connectivity index (χ1v) is 9.48. The van der Waals surface area contributed by atoms with Crippen LogP contribution < -0.4 is 5.56 Å². The fraction of sp³-hybridized carbons (Fsp3) is 0.412. The number of aromatic nitrogens is 2. The highest BCUT2D eigenvalue weighted by molar-refractivity contribution is 7.91. The Labute approximate surface area is 141 Å². The van der Waals surface area contributed by atoms with Crippen molar-refractivity contribution in [1.82, 2.24) is 9.78 Å². The van der Waals surface area contributed by atoms with Crippen molar-refractivity contribution in [2.24, 2.45) is 13.0 Å². The van der Waals surface area contributed by atoms with Gasteiger partial charge in [-0.1, -0.05) is 18.2 Å². The van der Waals surface area contributed by atoms with Crippen molar-refractivity contribution < 1.29 is 13.2 Å². The summed E-state index contributed by atoms with van der Waals surface area (Å²) in [6.07, 6.45) is 2.22. The van der Waals surface area contributed by atoms with E-state index < -0.39 is 9.84 Å². The van der Waals surface area contributed by atoms with E-state index in [9.17, 15) is 13.2 Å². The minimum absolute atomic E-state index is 0.173. The van der Waals surface area contributed by atoms with Crippen molar-refractivity contribution in [3.8, 4) is 11.3 Å². The highest BCUT2D eigenvalue weighted by atomic mass is 32.2. The first-order valence-electron chi connectivity index (χ1n) is 7.83. The van der Waals surface area contributed by atoms with Crippen molar-refractivity contribution >= 4 is 9.84 Å². The average molecular weight is 348 g/mol. The SMILES string of the molecule is Cc1cc(-c2ccccc2S(=O)(=O)COCC2CC2)nn(C)c1=O. The van der Waals surface area contributed by atoms with Crippen LogP contribution in [0.1, 0.15) is 18.4 Å². The number of nitrogens with zero attached hydrogens (tertiary/aromatic N) is 2. The van der Waals surface area contributed by atoms with Crippen molar-refractivity contribution in [3.05, 3.63) is 46.2 Å². The lowest BCUT2D eigenvalue weighted by atomic mass is 10.1. The van der Waals surface area contributed by atoms with Gasteiger partial charge in [-0.2, -0.15) is 5.10 Å². The molecule has 1 aromatic carbocycles. The van der Waals surface area contributed by atoms with E-state index >= 15 is 0 Å². The molecule has 0 atom stereocenters. The Morgan fingerprint density at radius 1 is 1.29 bits per heavy atom. The van der Waals surface area contributed by atoms with E-state index in [4.69, 9.17) is 4.74 Å². The van der Waals surface area contributed by atoms with E-state index in [1.165, 1.54) is 4.68 Å². The lowest BCUT2D eigenvalue weighted by Crippen LogP contribution is -2.22. The molecule has 24 heavy (non-hydrogen) atoms. The van der Waals surface area contributed by atoms with Gasteiger partial charge in [0.2, 0.25) is 9.84 Å². The summed E-state index contributed by atoms with van der Waals surface area (Å²) in [5, 5.41) is 4.20. The first-order chi connectivity index (χ1) is 11.4. The second-order valence-electron chi connectivity index (χ2n) is 6.18. The molecule has 0 amide bonds. The second kappa shape index (κ2) is 6.49. The van der Waals surface area contributed by atoms with Crippen molar-refractivity contribution in [3.63, 3.8) is 0 Å². The van der Waals surface area contributed by atoms with E-state index in [0.717, 1.165) is 12.8 Å². The molecule has 0 radical (unpaired) electrons. The lowest BCUT2D eigenvalue weighted by Gasteiger charge is -2.11. The Balaban J connectivity index is 1.96. The van der Waals surface area contributed by atoms with Crippen LogP contribution in [0.2, 0.25) is 0 Å². The van der Waals surface area contributed by atoms with Crippen LogP contribution in [0.3, 0.4) is 0 Å². The number of hydrogen-bond acceptors (Lipinski definition) is 5. The quantitative estimate of drug-likeness (QED) is 0.797. The van der Waals surface area contributed by atoms with Crippen LogP contribution in [-0.4, -0.2) is 30.7 Å². The van der Waals surface area contributed by atoms with Crippen molar-refractivity contribution in [1.29, 1.82) is 0 Å². The molecule has 1 aromatic heterocycles. The largest absolute Gasteiger partial charge is 0.365 e. The van der Waals surface area contributed by atoms with Crippen molar-refractivity contribution in [2.45, 2.75) is 24.7 Å². The molecule has 1 aliphatic rings. The molecular weight excluding hydrogens is 328 g/mol. The Morgan fingerprint density at radius 3 is 2.67 bits per heavy atom. The van der Waals surface area contributed by atoms with Gasteiger partial charge in [-0.05, 0) is 37.8 Å². The van der Waals surface area contributed by atoms with E-state index in [0.29, 0.717) is 29.3 Å². The molecule has 0 unspecified atom stereocenters. The Kier molecular flexibility index (Phi) is 4.56. The molecule has 1 aliphatic carbocycles. The maximum Gasteiger partial charge on any atom is 0.269 e. The molecule has 0 bridgehead atoms. The van der Waals surface area contributed by atoms with E-state index in [2.05, 4.69) is 5.10 Å². The molecule has 0 spiro atoms. The molecule has 0 N–H and O–H groups in total. The van der Waals surface area contributed by atoms with Gasteiger partial charge in [0.1, 0.15) is 0 Å². The van der Waals surface area contributed by atoms with Crippen LogP contribution in [-0.2, 0) is 21.6 Å². The topological polar surface area (TPSA) is 78.3 Å². The van der Waals surface area contributed by atoms with Gasteiger partial charge < -0.3 is 4.74 Å². The van der Waals surface area contributed by atoms with Crippen LogP contribution in [0.25, 0.3) is 11.3 Å². The summed E-state index contributed by atoms with van der Waals surface area (Å²) in [4.78, 5) is 12.0. The average Bonchev–Trinajstić information content (AvgIpc) is 3.36. The van der Waals surface area contributed by atoms with Gasteiger partial charge in [0.15, 0.2) is 5.94 Å². The Morgan fingerprint density at radius 2 is 2.00 bits per heavy atom. The standard InChI is InChI=1S/C17H20N2O4S/c1-12-9-15(18-19(2)17(12)20)14-5-3-4-6-16(14)24(21,22)11-23-10-13-7-8-13/h3-6,9,13H,7-8,10-11H2,1-2H3. The molecule has 7 heteroatoms. The number of ether oxygens (including phenoxy) is 1. The summed E-state index contributed by atoms with van der Waals surface area (Å²) >= 11 is 0. The van der Waals surface area contributed by atoms with Gasteiger partial charge in [0, 0.05) is 18.2 Å². The van der Waals surface area contributed by atoms with Crippen molar-refractivity contribution in [2.75, 3.05) is 12.5 Å². The summed E-state index contributed by atoms with van der Waals surface area (Å²) in [7, 11) is -2.04. The number of rotatable bonds is 6. The third-order valence-corrected chi connectivity index (χ3v) is 5.53. The molecule has 3 rings (SSSR count). The zero-order chi connectivity index (χ0) is 17.3. The Bertz CT molecular complexity index is 888. The van der Waals surface area contributed by atoms with Gasteiger partial charge in [-0.15, -0.1) is 0 Å². The number of sulfone groups is 1. The monoisotopic (exact) mass is 348 g/mol. The molecule has 0 saturated heterocycles. The van der Waals surface area contributed by atoms with Crippen LogP contribution in [0.4, 0.5) is 0 Å². The smallest absolute Gasteiger partial charge is 0.269 e. The summed E-state index contributed by atoms with van der Waals surface area (Å²) in [5.41, 5.74) is 1.24. The second-order valence-corrected chi connectivity index (χ2v) is 8.09. The minimum atomic E-state index is -3.59. The van der Waals surface area contributed by atoms with E-state index in [1.807, 2.05) is 0 Å². The fourth-order valence-corrected chi connectivity index (χ4v) is 3.75. The van der Waals surface area contributed by atoms with Gasteiger partial charge in [0.25, 0.3) is 5.56 Å². The van der Waals surface area contributed by atoms with Crippen LogP contribution in [0, 0.1) is 12.8 Å². The summed E-state index contributed by atoms with van der Waals surface area (Å²) in [5.74, 6) is 0.161. The summed E-state index contributed by atoms with van der Waals surface area (Å²) in [6.45, 7) is 2.17. The van der Waals surface area contributed by atoms with Gasteiger partial charge in [-0.3, -0.25) is 4.79 Å². The Hall–Kier alpha value is -1.99. The van der Waals surface area contributed by atoms with Gasteiger partial charge in [-0.25, -0.2) is 13.1 Å². The van der Waals surface area contributed by atoms with Gasteiger partial charge >= 0.3 is 0 Å². The molecule has 1 fully saturated rings.